The first-order chi connectivity index (χ1) is 8.52. The molecule has 3 N–H and O–H groups in total. The molecule has 94 valence electrons. The zero-order valence-corrected chi connectivity index (χ0v) is 9.88. The quantitative estimate of drug-likeness (QED) is 0.685. The summed E-state index contributed by atoms with van der Waals surface area (Å²) in [4.78, 5) is 22.6. The van der Waals surface area contributed by atoms with E-state index in [1.807, 2.05) is 30.3 Å². The number of hydrogen-bond acceptors (Lipinski definition) is 3. The summed E-state index contributed by atoms with van der Waals surface area (Å²) < 4.78 is 0. The van der Waals surface area contributed by atoms with Crippen molar-refractivity contribution in [1.29, 1.82) is 0 Å². The minimum atomic E-state index is -1.32. The van der Waals surface area contributed by atoms with Crippen molar-refractivity contribution in [3.8, 4) is 0 Å². The molecule has 2 atom stereocenters. The predicted molar refractivity (Wildman–Crippen MR) is 66.6 cm³/mol. The minimum absolute atomic E-state index is 0.530. The largest absolute Gasteiger partial charge is 0.386 e. The molecule has 0 aromatic heterocycles. The Morgan fingerprint density at radius 2 is 1.94 bits per heavy atom. The fraction of sp³-hybridized carbons (Fsp3) is 0.231. The van der Waals surface area contributed by atoms with Crippen LogP contribution in [0.25, 0.3) is 6.08 Å². The van der Waals surface area contributed by atoms with Crippen molar-refractivity contribution in [2.45, 2.75) is 18.6 Å². The zero-order valence-electron chi connectivity index (χ0n) is 9.88. The summed E-state index contributed by atoms with van der Waals surface area (Å²) in [5.41, 5.74) is -0.410. The first-order valence-corrected chi connectivity index (χ1v) is 5.57. The number of carbonyl (C=O) groups excluding carboxylic acids is 2. The van der Waals surface area contributed by atoms with Gasteiger partial charge in [0.1, 0.15) is 11.6 Å². The van der Waals surface area contributed by atoms with E-state index >= 15 is 0 Å². The van der Waals surface area contributed by atoms with Gasteiger partial charge in [-0.25, -0.2) is 4.79 Å². The Morgan fingerprint density at radius 3 is 2.50 bits per heavy atom. The van der Waals surface area contributed by atoms with Gasteiger partial charge in [0, 0.05) is 0 Å². The Kier molecular flexibility index (Phi) is 3.16. The molecule has 0 spiro atoms. The minimum Gasteiger partial charge on any atom is -0.386 e. The SMILES string of the molecule is CC1(C(O)C=Cc2ccccc2)NC(=O)NC1=O. The van der Waals surface area contributed by atoms with Crippen molar-refractivity contribution < 1.29 is 14.7 Å². The molecule has 1 aromatic rings. The normalized spacial score (nSPS) is 25.0. The van der Waals surface area contributed by atoms with Gasteiger partial charge in [-0.2, -0.15) is 0 Å². The summed E-state index contributed by atoms with van der Waals surface area (Å²) in [6.45, 7) is 1.48. The lowest BCUT2D eigenvalue weighted by molar-refractivity contribution is -0.126. The van der Waals surface area contributed by atoms with E-state index in [2.05, 4.69) is 10.6 Å². The van der Waals surface area contributed by atoms with Crippen LogP contribution >= 0.6 is 0 Å². The van der Waals surface area contributed by atoms with Gasteiger partial charge in [0.15, 0.2) is 0 Å². The average Bonchev–Trinajstić information content (AvgIpc) is 2.62. The van der Waals surface area contributed by atoms with E-state index in [0.717, 1.165) is 5.56 Å². The highest BCUT2D eigenvalue weighted by Gasteiger charge is 2.46. The van der Waals surface area contributed by atoms with Crippen LogP contribution in [0.2, 0.25) is 0 Å². The Balaban J connectivity index is 2.13. The summed E-state index contributed by atoms with van der Waals surface area (Å²) in [6.07, 6.45) is 2.10. The van der Waals surface area contributed by atoms with Crippen molar-refractivity contribution in [3.05, 3.63) is 42.0 Å². The third-order valence-electron chi connectivity index (χ3n) is 2.93. The number of aliphatic hydroxyl groups is 1. The Bertz CT molecular complexity index is 498. The van der Waals surface area contributed by atoms with Crippen LogP contribution in [0.15, 0.2) is 36.4 Å². The van der Waals surface area contributed by atoms with Crippen LogP contribution in [0.4, 0.5) is 4.79 Å². The average molecular weight is 246 g/mol. The van der Waals surface area contributed by atoms with E-state index in [0.29, 0.717) is 0 Å². The summed E-state index contributed by atoms with van der Waals surface area (Å²) in [5.74, 6) is -0.530. The number of imide groups is 1. The molecule has 0 bridgehead atoms. The molecule has 1 aliphatic rings. The number of nitrogens with one attached hydrogen (secondary N) is 2. The van der Waals surface area contributed by atoms with E-state index in [1.165, 1.54) is 13.0 Å². The van der Waals surface area contributed by atoms with Crippen LogP contribution in [-0.2, 0) is 4.79 Å². The van der Waals surface area contributed by atoms with Crippen LogP contribution < -0.4 is 10.6 Å². The number of benzene rings is 1. The predicted octanol–water partition coefficient (Wildman–Crippen LogP) is 0.659. The summed E-state index contributed by atoms with van der Waals surface area (Å²) in [5, 5.41) is 14.5. The molecule has 0 aliphatic carbocycles. The summed E-state index contributed by atoms with van der Waals surface area (Å²) >= 11 is 0. The number of urea groups is 1. The Hall–Kier alpha value is -2.14. The molecular formula is C13H14N2O3. The van der Waals surface area contributed by atoms with Crippen LogP contribution in [0, 0.1) is 0 Å². The Labute approximate surface area is 105 Å². The van der Waals surface area contributed by atoms with E-state index in [4.69, 9.17) is 0 Å². The fourth-order valence-corrected chi connectivity index (χ4v) is 1.72. The van der Waals surface area contributed by atoms with Gasteiger partial charge in [0.05, 0.1) is 0 Å². The van der Waals surface area contributed by atoms with Gasteiger partial charge in [-0.3, -0.25) is 10.1 Å². The molecule has 2 rings (SSSR count). The van der Waals surface area contributed by atoms with Crippen molar-refractivity contribution in [2.75, 3.05) is 0 Å². The van der Waals surface area contributed by atoms with Crippen molar-refractivity contribution in [3.63, 3.8) is 0 Å². The van der Waals surface area contributed by atoms with Crippen LogP contribution in [0.3, 0.4) is 0 Å². The molecule has 18 heavy (non-hydrogen) atoms. The van der Waals surface area contributed by atoms with Crippen molar-refractivity contribution >= 4 is 18.0 Å². The molecule has 5 nitrogen and oxygen atoms in total. The molecule has 1 heterocycles. The maximum Gasteiger partial charge on any atom is 0.322 e. The molecule has 1 aromatic carbocycles. The highest BCUT2D eigenvalue weighted by atomic mass is 16.3. The monoisotopic (exact) mass is 246 g/mol. The first-order valence-electron chi connectivity index (χ1n) is 5.57. The number of carbonyl (C=O) groups is 2. The van der Waals surface area contributed by atoms with Gasteiger partial charge in [-0.1, -0.05) is 42.5 Å². The van der Waals surface area contributed by atoms with Gasteiger partial charge in [0.25, 0.3) is 5.91 Å². The van der Waals surface area contributed by atoms with E-state index in [1.54, 1.807) is 6.08 Å². The molecular weight excluding hydrogens is 232 g/mol. The van der Waals surface area contributed by atoms with Crippen LogP contribution in [-0.4, -0.2) is 28.7 Å². The lowest BCUT2D eigenvalue weighted by atomic mass is 9.94. The maximum absolute atomic E-state index is 11.6. The summed E-state index contributed by atoms with van der Waals surface area (Å²) in [7, 11) is 0. The fourth-order valence-electron chi connectivity index (χ4n) is 1.72. The van der Waals surface area contributed by atoms with Crippen LogP contribution in [0.5, 0.6) is 0 Å². The van der Waals surface area contributed by atoms with Gasteiger partial charge in [-0.05, 0) is 12.5 Å². The second-order valence-electron chi connectivity index (χ2n) is 4.33. The van der Waals surface area contributed by atoms with Gasteiger partial charge < -0.3 is 10.4 Å². The number of rotatable bonds is 3. The second kappa shape index (κ2) is 4.62. The molecule has 3 amide bonds. The van der Waals surface area contributed by atoms with Crippen LogP contribution in [0.1, 0.15) is 12.5 Å². The third-order valence-corrected chi connectivity index (χ3v) is 2.93. The highest BCUT2D eigenvalue weighted by molar-refractivity contribution is 6.07. The molecule has 2 unspecified atom stereocenters. The smallest absolute Gasteiger partial charge is 0.322 e. The third kappa shape index (κ3) is 2.26. The molecule has 5 heteroatoms. The topological polar surface area (TPSA) is 78.4 Å². The van der Waals surface area contributed by atoms with E-state index in [-0.39, 0.29) is 0 Å². The van der Waals surface area contributed by atoms with Crippen molar-refractivity contribution in [2.24, 2.45) is 0 Å². The van der Waals surface area contributed by atoms with E-state index in [9.17, 15) is 14.7 Å². The van der Waals surface area contributed by atoms with Gasteiger partial charge >= 0.3 is 6.03 Å². The number of hydrogen-bond donors (Lipinski definition) is 3. The standard InChI is InChI=1S/C13H14N2O3/c1-13(11(17)14-12(18)15-13)10(16)8-7-9-5-3-2-4-6-9/h2-8,10,16H,1H3,(H2,14,15,17,18). The van der Waals surface area contributed by atoms with Gasteiger partial charge in [-0.15, -0.1) is 0 Å². The summed E-state index contributed by atoms with van der Waals surface area (Å²) in [6, 6.07) is 8.79. The highest BCUT2D eigenvalue weighted by Crippen LogP contribution is 2.17. The van der Waals surface area contributed by atoms with E-state index < -0.39 is 23.6 Å². The number of aliphatic hydroxyl groups excluding tert-OH is 1. The lowest BCUT2D eigenvalue weighted by Gasteiger charge is -2.24. The zero-order chi connectivity index (χ0) is 13.2. The van der Waals surface area contributed by atoms with Gasteiger partial charge in [0.2, 0.25) is 0 Å². The molecule has 1 fully saturated rings. The lowest BCUT2D eigenvalue weighted by Crippen LogP contribution is -2.52. The second-order valence-corrected chi connectivity index (χ2v) is 4.33. The first kappa shape index (κ1) is 12.3. The maximum atomic E-state index is 11.6. The molecule has 0 saturated carbocycles. The molecule has 0 radical (unpaired) electrons. The molecule has 1 aliphatic heterocycles. The van der Waals surface area contributed by atoms with Crippen molar-refractivity contribution in [1.82, 2.24) is 10.6 Å². The molecule has 1 saturated heterocycles. The Morgan fingerprint density at radius 1 is 1.28 bits per heavy atom. The number of amides is 3.